The fourth-order valence-corrected chi connectivity index (χ4v) is 1.01. The Morgan fingerprint density at radius 3 is 2.18 bits per heavy atom. The first kappa shape index (κ1) is 14.1. The van der Waals surface area contributed by atoms with Gasteiger partial charge in [0.2, 0.25) is 0 Å². The van der Waals surface area contributed by atoms with Crippen LogP contribution in [-0.4, -0.2) is 24.4 Å². The molecule has 2 N–H and O–H groups in total. The van der Waals surface area contributed by atoms with Crippen LogP contribution in [0.4, 0.5) is 0 Å². The Bertz CT molecular complexity index is 79.6. The van der Waals surface area contributed by atoms with Crippen LogP contribution in [0.25, 0.3) is 0 Å². The van der Waals surface area contributed by atoms with Gasteiger partial charge in [0.15, 0.2) is 0 Å². The van der Waals surface area contributed by atoms with Crippen molar-refractivity contribution in [3.05, 3.63) is 6.92 Å². The summed E-state index contributed by atoms with van der Waals surface area (Å²) in [4.78, 5) is 0. The van der Waals surface area contributed by atoms with E-state index in [0.717, 1.165) is 19.3 Å². The van der Waals surface area contributed by atoms with E-state index >= 15 is 0 Å². The molecular formula is C9H21LiN. The van der Waals surface area contributed by atoms with Gasteiger partial charge in [0.05, 0.1) is 0 Å². The van der Waals surface area contributed by atoms with Gasteiger partial charge >= 0.3 is 18.9 Å². The second kappa shape index (κ2) is 7.22. The third-order valence-corrected chi connectivity index (χ3v) is 2.23. The van der Waals surface area contributed by atoms with Crippen LogP contribution < -0.4 is 5.73 Å². The maximum atomic E-state index is 6.02. The minimum absolute atomic E-state index is 0. The molecule has 2 heteroatoms. The minimum atomic E-state index is 0. The van der Waals surface area contributed by atoms with Crippen LogP contribution in [-0.2, 0) is 0 Å². The van der Waals surface area contributed by atoms with Crippen LogP contribution in [0.15, 0.2) is 0 Å². The van der Waals surface area contributed by atoms with Gasteiger partial charge in [-0.15, -0.1) is 0 Å². The molecule has 0 rings (SSSR count). The molecule has 0 aromatic rings. The van der Waals surface area contributed by atoms with Crippen molar-refractivity contribution in [3.63, 3.8) is 0 Å². The maximum absolute atomic E-state index is 6.02. The van der Waals surface area contributed by atoms with Crippen molar-refractivity contribution >= 4 is 18.9 Å². The number of nitrogens with two attached hydrogens (primary N) is 1. The van der Waals surface area contributed by atoms with E-state index in [4.69, 9.17) is 5.73 Å². The molecule has 1 nitrogen and oxygen atoms in total. The zero-order chi connectivity index (χ0) is 8.04. The summed E-state index contributed by atoms with van der Waals surface area (Å²) in [5, 5.41) is 0. The van der Waals surface area contributed by atoms with E-state index in [-0.39, 0.29) is 24.4 Å². The predicted octanol–water partition coefficient (Wildman–Crippen LogP) is 1.86. The second-order valence-corrected chi connectivity index (χ2v) is 3.07. The summed E-state index contributed by atoms with van der Waals surface area (Å²) in [5.41, 5.74) is 6.04. The zero-order valence-corrected chi connectivity index (χ0v) is 7.32. The van der Waals surface area contributed by atoms with E-state index < -0.39 is 0 Å². The van der Waals surface area contributed by atoms with E-state index in [2.05, 4.69) is 20.8 Å². The molecule has 0 aromatic carbocycles. The summed E-state index contributed by atoms with van der Waals surface area (Å²) in [6.45, 7) is 8.19. The van der Waals surface area contributed by atoms with Gasteiger partial charge in [-0.2, -0.15) is 0 Å². The number of rotatable bonds is 5. The van der Waals surface area contributed by atoms with Crippen LogP contribution in [0.5, 0.6) is 0 Å². The van der Waals surface area contributed by atoms with Gasteiger partial charge in [-0.3, -0.25) is 0 Å². The first-order chi connectivity index (χ1) is 4.68. The molecule has 1 atom stereocenters. The van der Waals surface area contributed by atoms with Crippen molar-refractivity contribution in [1.29, 1.82) is 0 Å². The quantitative estimate of drug-likeness (QED) is 0.595. The van der Waals surface area contributed by atoms with Crippen molar-refractivity contribution in [2.24, 2.45) is 5.73 Å². The molecular weight excluding hydrogens is 129 g/mol. The first-order valence-electron chi connectivity index (χ1n) is 4.26. The Labute approximate surface area is 83.3 Å². The number of unbranched alkanes of at least 4 members (excludes halogenated alkanes) is 1. The third kappa shape index (κ3) is 5.79. The molecule has 0 spiro atoms. The Morgan fingerprint density at radius 2 is 1.91 bits per heavy atom. The zero-order valence-electron chi connectivity index (χ0n) is 7.32. The molecule has 0 aliphatic carbocycles. The van der Waals surface area contributed by atoms with Crippen molar-refractivity contribution < 1.29 is 0 Å². The SMILES string of the molecule is [CH2]CC(N)(CC)CCCC.[LiH]. The molecule has 0 saturated heterocycles. The fourth-order valence-electron chi connectivity index (χ4n) is 1.01. The molecule has 1 radical (unpaired) electrons. The molecule has 11 heavy (non-hydrogen) atoms. The van der Waals surface area contributed by atoms with Gasteiger partial charge < -0.3 is 5.73 Å². The van der Waals surface area contributed by atoms with Gasteiger partial charge in [-0.05, 0) is 19.3 Å². The standard InChI is InChI=1S/C9H20N.Li.H/c1-4-7-8-9(10,5-2)6-3;;/h2,4-8,10H2,1,3H3;;. The summed E-state index contributed by atoms with van der Waals surface area (Å²) in [6.07, 6.45) is 5.52. The van der Waals surface area contributed by atoms with E-state index in [1.165, 1.54) is 12.8 Å². The van der Waals surface area contributed by atoms with E-state index in [0.29, 0.717) is 0 Å². The van der Waals surface area contributed by atoms with Crippen LogP contribution >= 0.6 is 0 Å². The van der Waals surface area contributed by atoms with Crippen LogP contribution in [0.1, 0.15) is 46.0 Å². The normalized spacial score (nSPS) is 10.9. The Balaban J connectivity index is 0. The number of hydrogen-bond acceptors (Lipinski definition) is 1. The van der Waals surface area contributed by atoms with Crippen molar-refractivity contribution in [1.82, 2.24) is 0 Å². The molecule has 0 amide bonds. The molecule has 1 unspecified atom stereocenters. The van der Waals surface area contributed by atoms with Crippen LogP contribution in [0.3, 0.4) is 0 Å². The third-order valence-electron chi connectivity index (χ3n) is 2.23. The van der Waals surface area contributed by atoms with Gasteiger partial charge in [-0.25, -0.2) is 0 Å². The topological polar surface area (TPSA) is 26.0 Å². The summed E-state index contributed by atoms with van der Waals surface area (Å²) in [7, 11) is 0. The first-order valence-corrected chi connectivity index (χ1v) is 4.26. The second-order valence-electron chi connectivity index (χ2n) is 3.07. The molecule has 0 bridgehead atoms. The molecule has 0 saturated carbocycles. The Morgan fingerprint density at radius 1 is 1.36 bits per heavy atom. The van der Waals surface area contributed by atoms with Crippen molar-refractivity contribution in [3.8, 4) is 0 Å². The van der Waals surface area contributed by atoms with E-state index in [1.54, 1.807) is 0 Å². The van der Waals surface area contributed by atoms with Gasteiger partial charge in [0, 0.05) is 5.54 Å². The molecule has 0 aliphatic rings. The van der Waals surface area contributed by atoms with Crippen molar-refractivity contribution in [2.45, 2.75) is 51.5 Å². The summed E-state index contributed by atoms with van der Waals surface area (Å²) >= 11 is 0. The molecule has 0 fully saturated rings. The molecule has 0 aliphatic heterocycles. The van der Waals surface area contributed by atoms with Crippen LogP contribution in [0, 0.1) is 6.92 Å². The average Bonchev–Trinajstić information content (AvgIpc) is 2.00. The Kier molecular flexibility index (Phi) is 9.26. The summed E-state index contributed by atoms with van der Waals surface area (Å²) in [5.74, 6) is 0. The van der Waals surface area contributed by atoms with Gasteiger partial charge in [0.1, 0.15) is 0 Å². The average molecular weight is 150 g/mol. The number of hydrogen-bond donors (Lipinski definition) is 1. The molecule has 0 heterocycles. The predicted molar refractivity (Wildman–Crippen MR) is 53.9 cm³/mol. The summed E-state index contributed by atoms with van der Waals surface area (Å²) in [6, 6.07) is 0. The molecule has 0 aromatic heterocycles. The van der Waals surface area contributed by atoms with Gasteiger partial charge in [0.25, 0.3) is 0 Å². The van der Waals surface area contributed by atoms with Crippen molar-refractivity contribution in [2.75, 3.05) is 0 Å². The fraction of sp³-hybridized carbons (Fsp3) is 0.889. The van der Waals surface area contributed by atoms with Crippen LogP contribution in [0.2, 0.25) is 0 Å². The van der Waals surface area contributed by atoms with E-state index in [9.17, 15) is 0 Å². The monoisotopic (exact) mass is 150 g/mol. The molecule has 63 valence electrons. The van der Waals surface area contributed by atoms with E-state index in [1.807, 2.05) is 0 Å². The Hall–Kier alpha value is 0.557. The summed E-state index contributed by atoms with van der Waals surface area (Å²) < 4.78 is 0. The van der Waals surface area contributed by atoms with Gasteiger partial charge in [-0.1, -0.05) is 33.6 Å².